The van der Waals surface area contributed by atoms with Crippen LogP contribution in [0.15, 0.2) is 17.0 Å². The van der Waals surface area contributed by atoms with Crippen LogP contribution in [0.4, 0.5) is 4.39 Å². The lowest BCUT2D eigenvalue weighted by atomic mass is 10.2. The summed E-state index contributed by atoms with van der Waals surface area (Å²) in [4.78, 5) is -0.162. The van der Waals surface area contributed by atoms with Gasteiger partial charge in [0.25, 0.3) is 0 Å². The SMILES string of the molecule is CC(C)CNS(=O)(=O)c1cc(F)c(Cl)c(CN)c1. The molecule has 7 heteroatoms. The fourth-order valence-corrected chi connectivity index (χ4v) is 2.74. The summed E-state index contributed by atoms with van der Waals surface area (Å²) >= 11 is 5.67. The third-order valence-corrected chi connectivity index (χ3v) is 4.12. The molecule has 0 saturated heterocycles. The number of nitrogens with two attached hydrogens (primary N) is 1. The van der Waals surface area contributed by atoms with E-state index in [1.165, 1.54) is 6.07 Å². The highest BCUT2D eigenvalue weighted by molar-refractivity contribution is 7.89. The molecule has 0 saturated carbocycles. The number of rotatable bonds is 5. The minimum atomic E-state index is -3.73. The molecule has 3 N–H and O–H groups in total. The van der Waals surface area contributed by atoms with Gasteiger partial charge >= 0.3 is 0 Å². The minimum Gasteiger partial charge on any atom is -0.326 e. The van der Waals surface area contributed by atoms with Crippen molar-refractivity contribution in [3.05, 3.63) is 28.5 Å². The predicted molar refractivity (Wildman–Crippen MR) is 69.3 cm³/mol. The number of hydrogen-bond acceptors (Lipinski definition) is 3. The summed E-state index contributed by atoms with van der Waals surface area (Å²) in [6, 6.07) is 2.18. The topological polar surface area (TPSA) is 72.2 Å². The van der Waals surface area contributed by atoms with Crippen LogP contribution in [0.2, 0.25) is 5.02 Å². The molecule has 18 heavy (non-hydrogen) atoms. The molecule has 0 fully saturated rings. The molecule has 0 aliphatic carbocycles. The third-order valence-electron chi connectivity index (χ3n) is 2.29. The molecule has 102 valence electrons. The molecule has 0 bridgehead atoms. The molecule has 1 rings (SSSR count). The van der Waals surface area contributed by atoms with Crippen molar-refractivity contribution < 1.29 is 12.8 Å². The Bertz CT molecular complexity index is 532. The fourth-order valence-electron chi connectivity index (χ4n) is 1.28. The van der Waals surface area contributed by atoms with Gasteiger partial charge < -0.3 is 5.73 Å². The highest BCUT2D eigenvalue weighted by Gasteiger charge is 2.18. The Hall–Kier alpha value is -0.690. The number of nitrogens with one attached hydrogen (secondary N) is 1. The van der Waals surface area contributed by atoms with Crippen molar-refractivity contribution in [2.24, 2.45) is 11.7 Å². The van der Waals surface area contributed by atoms with Crippen molar-refractivity contribution in [3.63, 3.8) is 0 Å². The lowest BCUT2D eigenvalue weighted by Gasteiger charge is -2.11. The maximum absolute atomic E-state index is 13.5. The zero-order valence-electron chi connectivity index (χ0n) is 10.2. The van der Waals surface area contributed by atoms with Crippen molar-refractivity contribution in [3.8, 4) is 0 Å². The van der Waals surface area contributed by atoms with Gasteiger partial charge in [-0.3, -0.25) is 0 Å². The van der Waals surface area contributed by atoms with E-state index in [0.717, 1.165) is 6.07 Å². The second-order valence-electron chi connectivity index (χ2n) is 4.33. The molecule has 1 aromatic rings. The van der Waals surface area contributed by atoms with Crippen molar-refractivity contribution in [2.45, 2.75) is 25.3 Å². The van der Waals surface area contributed by atoms with E-state index in [9.17, 15) is 12.8 Å². The van der Waals surface area contributed by atoms with Crippen LogP contribution in [0.25, 0.3) is 0 Å². The Morgan fingerprint density at radius 2 is 2.06 bits per heavy atom. The molecule has 0 atom stereocenters. The summed E-state index contributed by atoms with van der Waals surface area (Å²) in [5.74, 6) is -0.629. The quantitative estimate of drug-likeness (QED) is 0.871. The molecule has 0 amide bonds. The Morgan fingerprint density at radius 3 is 2.56 bits per heavy atom. The molecule has 0 spiro atoms. The molecule has 0 unspecified atom stereocenters. The normalized spacial score (nSPS) is 12.1. The smallest absolute Gasteiger partial charge is 0.240 e. The van der Waals surface area contributed by atoms with E-state index in [2.05, 4.69) is 4.72 Å². The van der Waals surface area contributed by atoms with Crippen LogP contribution in [0.1, 0.15) is 19.4 Å². The first-order valence-electron chi connectivity index (χ1n) is 5.45. The third kappa shape index (κ3) is 3.65. The predicted octanol–water partition coefficient (Wildman–Crippen LogP) is 1.87. The largest absolute Gasteiger partial charge is 0.326 e. The van der Waals surface area contributed by atoms with Crippen LogP contribution in [0.5, 0.6) is 0 Å². The number of hydrogen-bond donors (Lipinski definition) is 2. The molecule has 0 aliphatic rings. The van der Waals surface area contributed by atoms with E-state index in [1.54, 1.807) is 0 Å². The zero-order valence-corrected chi connectivity index (χ0v) is 11.8. The van der Waals surface area contributed by atoms with E-state index in [4.69, 9.17) is 17.3 Å². The van der Waals surface area contributed by atoms with E-state index < -0.39 is 15.8 Å². The average Bonchev–Trinajstić information content (AvgIpc) is 2.30. The summed E-state index contributed by atoms with van der Waals surface area (Å²) in [6.07, 6.45) is 0. The molecule has 0 heterocycles. The number of benzene rings is 1. The molecule has 0 aromatic heterocycles. The van der Waals surface area contributed by atoms with Gasteiger partial charge in [0, 0.05) is 13.1 Å². The lowest BCUT2D eigenvalue weighted by molar-refractivity contribution is 0.557. The Balaban J connectivity index is 3.13. The van der Waals surface area contributed by atoms with Crippen LogP contribution in [-0.2, 0) is 16.6 Å². The fraction of sp³-hybridized carbons (Fsp3) is 0.455. The minimum absolute atomic E-state index is 0.0245. The maximum Gasteiger partial charge on any atom is 0.240 e. The van der Waals surface area contributed by atoms with Crippen LogP contribution in [-0.4, -0.2) is 15.0 Å². The van der Waals surface area contributed by atoms with Crippen LogP contribution in [0.3, 0.4) is 0 Å². The number of sulfonamides is 1. The average molecular weight is 295 g/mol. The molecular formula is C11H16ClFN2O2S. The van der Waals surface area contributed by atoms with Gasteiger partial charge in [-0.15, -0.1) is 0 Å². The summed E-state index contributed by atoms with van der Waals surface area (Å²) in [7, 11) is -3.73. The van der Waals surface area contributed by atoms with E-state index in [1.807, 2.05) is 13.8 Å². The van der Waals surface area contributed by atoms with E-state index >= 15 is 0 Å². The van der Waals surface area contributed by atoms with Gasteiger partial charge in [0.2, 0.25) is 10.0 Å². The van der Waals surface area contributed by atoms with E-state index in [-0.39, 0.29) is 34.5 Å². The van der Waals surface area contributed by atoms with Crippen molar-refractivity contribution in [1.82, 2.24) is 4.72 Å². The van der Waals surface area contributed by atoms with Crippen molar-refractivity contribution in [2.75, 3.05) is 6.54 Å². The second-order valence-corrected chi connectivity index (χ2v) is 6.47. The van der Waals surface area contributed by atoms with Gasteiger partial charge in [-0.1, -0.05) is 25.4 Å². The highest BCUT2D eigenvalue weighted by Crippen LogP contribution is 2.24. The lowest BCUT2D eigenvalue weighted by Crippen LogP contribution is -2.27. The summed E-state index contributed by atoms with van der Waals surface area (Å²) in [5, 5.41) is -0.139. The Labute approximate surface area is 111 Å². The van der Waals surface area contributed by atoms with Gasteiger partial charge in [-0.25, -0.2) is 17.5 Å². The monoisotopic (exact) mass is 294 g/mol. The van der Waals surface area contributed by atoms with Gasteiger partial charge in [0.05, 0.1) is 9.92 Å². The van der Waals surface area contributed by atoms with E-state index in [0.29, 0.717) is 0 Å². The summed E-state index contributed by atoms with van der Waals surface area (Å²) < 4.78 is 39.7. The zero-order chi connectivity index (χ0) is 13.9. The van der Waals surface area contributed by atoms with Crippen LogP contribution >= 0.6 is 11.6 Å². The van der Waals surface area contributed by atoms with Crippen LogP contribution in [0, 0.1) is 11.7 Å². The molecule has 1 aromatic carbocycles. The van der Waals surface area contributed by atoms with Crippen LogP contribution < -0.4 is 10.5 Å². The summed E-state index contributed by atoms with van der Waals surface area (Å²) in [6.45, 7) is 4.00. The number of halogens is 2. The molecule has 0 aliphatic heterocycles. The molecular weight excluding hydrogens is 279 g/mol. The Morgan fingerprint density at radius 1 is 1.44 bits per heavy atom. The first-order chi connectivity index (χ1) is 8.27. The second kappa shape index (κ2) is 5.97. The van der Waals surface area contributed by atoms with Crippen molar-refractivity contribution in [1.29, 1.82) is 0 Å². The highest BCUT2D eigenvalue weighted by atomic mass is 35.5. The Kier molecular flexibility index (Phi) is 5.10. The molecule has 0 radical (unpaired) electrons. The van der Waals surface area contributed by atoms with Gasteiger partial charge in [0.1, 0.15) is 5.82 Å². The van der Waals surface area contributed by atoms with Gasteiger partial charge in [0.15, 0.2) is 0 Å². The first-order valence-corrected chi connectivity index (χ1v) is 7.31. The first kappa shape index (κ1) is 15.4. The summed E-state index contributed by atoms with van der Waals surface area (Å²) in [5.41, 5.74) is 5.65. The van der Waals surface area contributed by atoms with Crippen molar-refractivity contribution >= 4 is 21.6 Å². The standard InChI is InChI=1S/C11H16ClFN2O2S/c1-7(2)6-15-18(16,17)9-3-8(5-14)11(12)10(13)4-9/h3-4,7,15H,5-6,14H2,1-2H3. The maximum atomic E-state index is 13.5. The van der Waals surface area contributed by atoms with Gasteiger partial charge in [-0.05, 0) is 23.6 Å². The van der Waals surface area contributed by atoms with Gasteiger partial charge in [-0.2, -0.15) is 0 Å². The molecule has 4 nitrogen and oxygen atoms in total.